The molecule has 1 rings (SSSR count). The number of benzene rings is 1. The number of halogens is 5. The van der Waals surface area contributed by atoms with Gasteiger partial charge >= 0.3 is 11.9 Å². The molecule has 0 heterocycles. The minimum atomic E-state index is -2.31. The molecule has 0 unspecified atom stereocenters. The van der Waals surface area contributed by atoms with Crippen LogP contribution in [0, 0.1) is 40.4 Å². The van der Waals surface area contributed by atoms with Crippen LogP contribution in [0.3, 0.4) is 0 Å². The van der Waals surface area contributed by atoms with Crippen molar-refractivity contribution in [3.63, 3.8) is 0 Å². The smallest absolute Gasteiger partial charge is 0.323 e. The van der Waals surface area contributed by atoms with E-state index in [1.807, 2.05) is 0 Å². The number of rotatable bonds is 8. The molecule has 0 saturated carbocycles. The van der Waals surface area contributed by atoms with Gasteiger partial charge in [-0.1, -0.05) is 27.7 Å². The molecule has 152 valence electrons. The molecule has 1 aromatic carbocycles. The van der Waals surface area contributed by atoms with Gasteiger partial charge in [0.1, 0.15) is 6.61 Å². The zero-order chi connectivity index (χ0) is 20.9. The Kier molecular flexibility index (Phi) is 7.74. The molecule has 0 fully saturated rings. The van der Waals surface area contributed by atoms with Crippen LogP contribution < -0.4 is 0 Å². The predicted octanol–water partition coefficient (Wildman–Crippen LogP) is 4.43. The molecular formula is C18H21F5O4. The standard InChI is InChI=1S/C18H21F5O4/c1-5-18(6-2,16(24)26-7-9(3)4)17(25)27-8-10-11(19)13(21)15(23)14(22)12(10)20/h9H,5-8H2,1-4H3. The van der Waals surface area contributed by atoms with Crippen molar-refractivity contribution in [1.29, 1.82) is 0 Å². The van der Waals surface area contributed by atoms with Crippen LogP contribution >= 0.6 is 0 Å². The van der Waals surface area contributed by atoms with Crippen LogP contribution in [-0.2, 0) is 25.7 Å². The zero-order valence-electron chi connectivity index (χ0n) is 15.4. The van der Waals surface area contributed by atoms with Crippen molar-refractivity contribution in [2.24, 2.45) is 11.3 Å². The van der Waals surface area contributed by atoms with Gasteiger partial charge in [0.15, 0.2) is 28.7 Å². The summed E-state index contributed by atoms with van der Waals surface area (Å²) in [6, 6.07) is 0. The first-order chi connectivity index (χ1) is 12.5. The average Bonchev–Trinajstić information content (AvgIpc) is 2.64. The molecule has 0 aliphatic carbocycles. The Morgan fingerprint density at radius 1 is 0.815 bits per heavy atom. The molecule has 0 radical (unpaired) electrons. The first kappa shape index (κ1) is 22.9. The van der Waals surface area contributed by atoms with E-state index in [0.29, 0.717) is 0 Å². The van der Waals surface area contributed by atoms with Crippen molar-refractivity contribution in [3.05, 3.63) is 34.6 Å². The molecule has 0 spiro atoms. The van der Waals surface area contributed by atoms with Gasteiger partial charge in [-0.05, 0) is 18.8 Å². The Morgan fingerprint density at radius 3 is 1.63 bits per heavy atom. The molecule has 1 aromatic rings. The fraction of sp³-hybridized carbons (Fsp3) is 0.556. The highest BCUT2D eigenvalue weighted by molar-refractivity contribution is 6.00. The van der Waals surface area contributed by atoms with E-state index in [1.54, 1.807) is 13.8 Å². The van der Waals surface area contributed by atoms with E-state index < -0.39 is 58.6 Å². The Balaban J connectivity index is 3.07. The van der Waals surface area contributed by atoms with Crippen molar-refractivity contribution in [2.75, 3.05) is 6.61 Å². The summed E-state index contributed by atoms with van der Waals surface area (Å²) in [6.45, 7) is 5.43. The second-order valence-electron chi connectivity index (χ2n) is 6.41. The Labute approximate surface area is 153 Å². The van der Waals surface area contributed by atoms with Gasteiger partial charge in [-0.25, -0.2) is 22.0 Å². The third-order valence-corrected chi connectivity index (χ3v) is 4.18. The summed E-state index contributed by atoms with van der Waals surface area (Å²) in [5, 5.41) is 0. The highest BCUT2D eigenvalue weighted by Gasteiger charge is 2.46. The maximum absolute atomic E-state index is 13.7. The van der Waals surface area contributed by atoms with Crippen LogP contribution in [0.4, 0.5) is 22.0 Å². The average molecular weight is 396 g/mol. The van der Waals surface area contributed by atoms with Crippen molar-refractivity contribution in [2.45, 2.75) is 47.1 Å². The minimum absolute atomic E-state index is 0.00439. The van der Waals surface area contributed by atoms with Crippen LogP contribution in [0.2, 0.25) is 0 Å². The lowest BCUT2D eigenvalue weighted by atomic mass is 9.82. The Bertz CT molecular complexity index is 685. The van der Waals surface area contributed by atoms with E-state index in [4.69, 9.17) is 9.47 Å². The Morgan fingerprint density at radius 2 is 1.22 bits per heavy atom. The molecule has 27 heavy (non-hydrogen) atoms. The third-order valence-electron chi connectivity index (χ3n) is 4.18. The lowest BCUT2D eigenvalue weighted by molar-refractivity contribution is -0.174. The van der Waals surface area contributed by atoms with Gasteiger partial charge in [0.25, 0.3) is 0 Å². The zero-order valence-corrected chi connectivity index (χ0v) is 15.4. The van der Waals surface area contributed by atoms with Gasteiger partial charge < -0.3 is 9.47 Å². The van der Waals surface area contributed by atoms with Crippen LogP contribution in [0.5, 0.6) is 0 Å². The van der Waals surface area contributed by atoms with E-state index in [-0.39, 0.29) is 25.4 Å². The highest BCUT2D eigenvalue weighted by atomic mass is 19.2. The molecular weight excluding hydrogens is 375 g/mol. The fourth-order valence-corrected chi connectivity index (χ4v) is 2.34. The third kappa shape index (κ3) is 4.56. The summed E-state index contributed by atoms with van der Waals surface area (Å²) in [6.07, 6.45) is -0.0628. The molecule has 4 nitrogen and oxygen atoms in total. The van der Waals surface area contributed by atoms with Gasteiger partial charge in [-0.2, -0.15) is 0 Å². The van der Waals surface area contributed by atoms with Crippen molar-refractivity contribution < 1.29 is 41.0 Å². The lowest BCUT2D eigenvalue weighted by Gasteiger charge is -2.27. The maximum atomic E-state index is 13.7. The largest absolute Gasteiger partial charge is 0.465 e. The molecule has 0 bridgehead atoms. The lowest BCUT2D eigenvalue weighted by Crippen LogP contribution is -2.41. The summed E-state index contributed by atoms with van der Waals surface area (Å²) in [5.41, 5.74) is -3.03. The van der Waals surface area contributed by atoms with Gasteiger partial charge in [0, 0.05) is 0 Å². The van der Waals surface area contributed by atoms with Gasteiger partial charge in [0.05, 0.1) is 12.2 Å². The number of ether oxygens (including phenoxy) is 2. The number of carbonyl (C=O) groups excluding carboxylic acids is 2. The first-order valence-corrected chi connectivity index (χ1v) is 8.38. The van der Waals surface area contributed by atoms with Crippen LogP contribution in [0.25, 0.3) is 0 Å². The monoisotopic (exact) mass is 396 g/mol. The molecule has 9 heteroatoms. The first-order valence-electron chi connectivity index (χ1n) is 8.38. The summed E-state index contributed by atoms with van der Waals surface area (Å²) in [7, 11) is 0. The molecule has 0 aromatic heterocycles. The second-order valence-corrected chi connectivity index (χ2v) is 6.41. The number of esters is 2. The summed E-state index contributed by atoms with van der Waals surface area (Å²) >= 11 is 0. The topological polar surface area (TPSA) is 52.6 Å². The van der Waals surface area contributed by atoms with Crippen molar-refractivity contribution in [3.8, 4) is 0 Å². The molecule has 0 N–H and O–H groups in total. The number of hydrogen-bond donors (Lipinski definition) is 0. The van der Waals surface area contributed by atoms with Crippen LogP contribution in [0.15, 0.2) is 0 Å². The van der Waals surface area contributed by atoms with E-state index in [0.717, 1.165) is 0 Å². The highest BCUT2D eigenvalue weighted by Crippen LogP contribution is 2.31. The van der Waals surface area contributed by atoms with Crippen molar-refractivity contribution >= 4 is 11.9 Å². The summed E-state index contributed by atoms with van der Waals surface area (Å²) in [4.78, 5) is 24.7. The van der Waals surface area contributed by atoms with E-state index in [2.05, 4.69) is 0 Å². The SMILES string of the molecule is CCC(CC)(C(=O)OCc1c(F)c(F)c(F)c(F)c1F)C(=O)OCC(C)C. The van der Waals surface area contributed by atoms with Crippen LogP contribution in [-0.4, -0.2) is 18.5 Å². The molecule has 0 saturated heterocycles. The summed E-state index contributed by atoms with van der Waals surface area (Å²) < 4.78 is 76.7. The quantitative estimate of drug-likeness (QED) is 0.214. The Hall–Kier alpha value is -2.19. The molecule has 0 atom stereocenters. The minimum Gasteiger partial charge on any atom is -0.465 e. The fourth-order valence-electron chi connectivity index (χ4n) is 2.34. The predicted molar refractivity (Wildman–Crippen MR) is 84.8 cm³/mol. The van der Waals surface area contributed by atoms with Gasteiger partial charge in [-0.15, -0.1) is 0 Å². The van der Waals surface area contributed by atoms with Gasteiger partial charge in [0.2, 0.25) is 5.82 Å². The second kappa shape index (κ2) is 9.14. The van der Waals surface area contributed by atoms with Crippen molar-refractivity contribution in [1.82, 2.24) is 0 Å². The summed E-state index contributed by atoms with van der Waals surface area (Å²) in [5.74, 6) is -12.8. The number of hydrogen-bond acceptors (Lipinski definition) is 4. The van der Waals surface area contributed by atoms with E-state index >= 15 is 0 Å². The molecule has 0 amide bonds. The number of carbonyl (C=O) groups is 2. The van der Waals surface area contributed by atoms with Gasteiger partial charge in [-0.3, -0.25) is 9.59 Å². The molecule has 0 aliphatic heterocycles. The van der Waals surface area contributed by atoms with Crippen LogP contribution in [0.1, 0.15) is 46.1 Å². The maximum Gasteiger partial charge on any atom is 0.323 e. The normalized spacial score (nSPS) is 11.6. The van der Waals surface area contributed by atoms with E-state index in [1.165, 1.54) is 13.8 Å². The molecule has 0 aliphatic rings. The van der Waals surface area contributed by atoms with E-state index in [9.17, 15) is 31.5 Å².